The van der Waals surface area contributed by atoms with Crippen molar-refractivity contribution in [3.63, 3.8) is 0 Å². The molecule has 3 atom stereocenters. The van der Waals surface area contributed by atoms with Crippen LogP contribution in [0.1, 0.15) is 37.2 Å². The van der Waals surface area contributed by atoms with Gasteiger partial charge in [-0.2, -0.15) is 4.31 Å². The van der Waals surface area contributed by atoms with Gasteiger partial charge in [-0.1, -0.05) is 18.2 Å². The van der Waals surface area contributed by atoms with Gasteiger partial charge in [0.25, 0.3) is 0 Å². The van der Waals surface area contributed by atoms with Crippen molar-refractivity contribution in [2.45, 2.75) is 32.0 Å². The van der Waals surface area contributed by atoms with Crippen molar-refractivity contribution in [2.75, 3.05) is 26.2 Å². The summed E-state index contributed by atoms with van der Waals surface area (Å²) in [6.07, 6.45) is 4.72. The van der Waals surface area contributed by atoms with E-state index in [1.54, 1.807) is 31.6 Å². The number of piperazine rings is 1. The number of halogens is 1. The van der Waals surface area contributed by atoms with Gasteiger partial charge in [-0.15, -0.1) is 12.6 Å². The van der Waals surface area contributed by atoms with E-state index in [4.69, 9.17) is 4.74 Å². The van der Waals surface area contributed by atoms with Gasteiger partial charge in [-0.25, -0.2) is 22.6 Å². The van der Waals surface area contributed by atoms with Crippen LogP contribution in [-0.4, -0.2) is 65.4 Å². The van der Waals surface area contributed by atoms with E-state index >= 15 is 0 Å². The zero-order valence-corrected chi connectivity index (χ0v) is 19.5. The summed E-state index contributed by atoms with van der Waals surface area (Å²) in [6.45, 7) is 4.48. The van der Waals surface area contributed by atoms with Crippen LogP contribution in [-0.2, 0) is 19.6 Å². The number of cyclic esters (lactones) is 1. The normalized spacial score (nSPS) is 24.1. The van der Waals surface area contributed by atoms with Gasteiger partial charge in [0, 0.05) is 19.6 Å². The summed E-state index contributed by atoms with van der Waals surface area (Å²) in [4.78, 5) is 19.1. The number of imidazole rings is 1. The lowest BCUT2D eigenvalue weighted by Crippen LogP contribution is -2.61. The Morgan fingerprint density at radius 1 is 1.31 bits per heavy atom. The second kappa shape index (κ2) is 8.97. The maximum absolute atomic E-state index is 13.3. The van der Waals surface area contributed by atoms with Gasteiger partial charge in [0.1, 0.15) is 16.7 Å². The number of morpholine rings is 1. The van der Waals surface area contributed by atoms with Crippen LogP contribution in [0.5, 0.6) is 0 Å². The number of esters is 1. The van der Waals surface area contributed by atoms with Crippen LogP contribution in [0.2, 0.25) is 0 Å². The Morgan fingerprint density at radius 3 is 2.72 bits per heavy atom. The molecule has 0 saturated carbocycles. The molecule has 0 N–H and O–H groups in total. The van der Waals surface area contributed by atoms with Gasteiger partial charge in [-0.05, 0) is 31.5 Å². The first-order chi connectivity index (χ1) is 15.2. The molecule has 3 heterocycles. The fourth-order valence-corrected chi connectivity index (χ4v) is 5.86. The fraction of sp³-hybridized carbons (Fsp3) is 0.429. The van der Waals surface area contributed by atoms with Gasteiger partial charge < -0.3 is 9.30 Å². The van der Waals surface area contributed by atoms with Crippen LogP contribution in [0, 0.1) is 5.82 Å². The molecule has 1 aromatic carbocycles. The molecule has 172 valence electrons. The van der Waals surface area contributed by atoms with Gasteiger partial charge in [0.05, 0.1) is 30.3 Å². The molecule has 2 unspecified atom stereocenters. The summed E-state index contributed by atoms with van der Waals surface area (Å²) >= 11 is 4.09. The van der Waals surface area contributed by atoms with E-state index in [1.807, 2.05) is 16.4 Å². The number of hydrogen-bond donors (Lipinski definition) is 1. The Bertz CT molecular complexity index is 1130. The molecule has 1 aromatic heterocycles. The maximum Gasteiger partial charge on any atom is 0.329 e. The highest BCUT2D eigenvalue weighted by Gasteiger charge is 2.45. The Balaban J connectivity index is 1.61. The summed E-state index contributed by atoms with van der Waals surface area (Å²) in [5, 5.41) is 0. The SMILES string of the molecule is C/C=C(\S)S(=O)(=O)N1CCN2C(COC(=O)C2c2cncn2[C@H](C)c2ccc(F)cc2)C1. The highest BCUT2D eigenvalue weighted by molar-refractivity contribution is 8.09. The fourth-order valence-electron chi connectivity index (χ4n) is 4.26. The molecular formula is C21H25FN4O4S2. The third-order valence-electron chi connectivity index (χ3n) is 6.06. The lowest BCUT2D eigenvalue weighted by Gasteiger charge is -2.46. The predicted molar refractivity (Wildman–Crippen MR) is 120 cm³/mol. The van der Waals surface area contributed by atoms with Gasteiger partial charge >= 0.3 is 5.97 Å². The van der Waals surface area contributed by atoms with Gasteiger partial charge in [0.15, 0.2) is 6.04 Å². The minimum atomic E-state index is -3.67. The van der Waals surface area contributed by atoms with Crippen LogP contribution < -0.4 is 0 Å². The standard InChI is InChI=1S/C21H25FN4O4S2/c1-3-19(31)32(28,29)24-8-9-25-17(11-24)12-30-21(27)20(25)18-10-23-13-26(18)14(2)15-4-6-16(22)7-5-15/h3-7,10,13-14,17,20,31H,8-9,11-12H2,1-2H3/b19-3+/t14-,17?,20?/m1/s1. The van der Waals surface area contributed by atoms with E-state index in [0.29, 0.717) is 12.2 Å². The Morgan fingerprint density at radius 2 is 2.03 bits per heavy atom. The summed E-state index contributed by atoms with van der Waals surface area (Å²) in [5.41, 5.74) is 1.52. The van der Waals surface area contributed by atoms with E-state index in [-0.39, 0.29) is 41.8 Å². The molecule has 2 aliphatic heterocycles. The van der Waals surface area contributed by atoms with E-state index in [1.165, 1.54) is 22.5 Å². The van der Waals surface area contributed by atoms with Gasteiger partial charge in [0.2, 0.25) is 10.0 Å². The molecule has 4 rings (SSSR count). The number of benzene rings is 1. The molecule has 2 aliphatic rings. The molecule has 0 radical (unpaired) electrons. The van der Waals surface area contributed by atoms with E-state index < -0.39 is 22.0 Å². The van der Waals surface area contributed by atoms with Crippen molar-refractivity contribution in [3.05, 3.63) is 64.2 Å². The molecule has 2 saturated heterocycles. The van der Waals surface area contributed by atoms with Crippen molar-refractivity contribution >= 4 is 28.6 Å². The van der Waals surface area contributed by atoms with Crippen molar-refractivity contribution in [2.24, 2.45) is 0 Å². The Labute approximate surface area is 192 Å². The predicted octanol–water partition coefficient (Wildman–Crippen LogP) is 2.34. The Kier molecular flexibility index (Phi) is 6.44. The van der Waals surface area contributed by atoms with Crippen molar-refractivity contribution in [3.8, 4) is 0 Å². The second-order valence-electron chi connectivity index (χ2n) is 7.87. The minimum Gasteiger partial charge on any atom is -0.463 e. The number of allylic oxidation sites excluding steroid dienone is 1. The number of rotatable bonds is 5. The number of nitrogens with zero attached hydrogens (tertiary/aromatic N) is 4. The monoisotopic (exact) mass is 480 g/mol. The highest BCUT2D eigenvalue weighted by Crippen LogP contribution is 2.34. The Hall–Kier alpha value is -2.21. The molecule has 32 heavy (non-hydrogen) atoms. The molecule has 11 heteroatoms. The van der Waals surface area contributed by atoms with Crippen molar-refractivity contribution in [1.82, 2.24) is 18.8 Å². The average molecular weight is 481 g/mol. The number of thiol groups is 1. The summed E-state index contributed by atoms with van der Waals surface area (Å²) in [6, 6.07) is 5.01. The van der Waals surface area contributed by atoms with E-state index in [9.17, 15) is 17.6 Å². The van der Waals surface area contributed by atoms with E-state index in [0.717, 1.165) is 5.56 Å². The number of carbonyl (C=O) groups is 1. The third kappa shape index (κ3) is 4.09. The van der Waals surface area contributed by atoms with Crippen LogP contribution in [0.3, 0.4) is 0 Å². The third-order valence-corrected chi connectivity index (χ3v) is 8.79. The van der Waals surface area contributed by atoms with Crippen molar-refractivity contribution < 1.29 is 22.3 Å². The zero-order valence-electron chi connectivity index (χ0n) is 17.8. The number of carbonyl (C=O) groups excluding carboxylic acids is 1. The number of fused-ring (bicyclic) bond motifs is 1. The first-order valence-corrected chi connectivity index (χ1v) is 12.2. The number of ether oxygens (including phenoxy) is 1. The topological polar surface area (TPSA) is 84.7 Å². The first kappa shape index (κ1) is 23.0. The molecule has 0 spiro atoms. The minimum absolute atomic E-state index is 0.00139. The summed E-state index contributed by atoms with van der Waals surface area (Å²) < 4.78 is 47.5. The lowest BCUT2D eigenvalue weighted by molar-refractivity contribution is -0.166. The second-order valence-corrected chi connectivity index (χ2v) is 10.6. The number of aromatic nitrogens is 2. The van der Waals surface area contributed by atoms with Crippen LogP contribution >= 0.6 is 12.6 Å². The molecule has 2 aromatic rings. The average Bonchev–Trinajstić information content (AvgIpc) is 3.27. The first-order valence-electron chi connectivity index (χ1n) is 10.3. The molecule has 0 bridgehead atoms. The van der Waals surface area contributed by atoms with Gasteiger partial charge in [-0.3, -0.25) is 4.90 Å². The smallest absolute Gasteiger partial charge is 0.329 e. The molecule has 8 nitrogen and oxygen atoms in total. The number of hydrogen-bond acceptors (Lipinski definition) is 7. The molecule has 0 aliphatic carbocycles. The van der Waals surface area contributed by atoms with Crippen LogP contribution in [0.15, 0.2) is 47.1 Å². The lowest BCUT2D eigenvalue weighted by atomic mass is 10.0. The summed E-state index contributed by atoms with van der Waals surface area (Å²) in [7, 11) is -3.67. The molecular weight excluding hydrogens is 455 g/mol. The van der Waals surface area contributed by atoms with Crippen LogP contribution in [0.4, 0.5) is 4.39 Å². The quantitative estimate of drug-likeness (QED) is 0.522. The van der Waals surface area contributed by atoms with Crippen molar-refractivity contribution in [1.29, 1.82) is 0 Å². The highest BCUT2D eigenvalue weighted by atomic mass is 32.3. The largest absolute Gasteiger partial charge is 0.463 e. The zero-order chi connectivity index (χ0) is 23.0. The summed E-state index contributed by atoms with van der Waals surface area (Å²) in [5.74, 6) is -0.713. The molecule has 2 fully saturated rings. The van der Waals surface area contributed by atoms with Crippen LogP contribution in [0.25, 0.3) is 0 Å². The maximum atomic E-state index is 13.3. The van der Waals surface area contributed by atoms with E-state index in [2.05, 4.69) is 17.6 Å². The molecule has 0 amide bonds. The number of sulfonamides is 1.